The average Bonchev–Trinajstić information content (AvgIpc) is 2.74. The maximum atomic E-state index is 12.8. The van der Waals surface area contributed by atoms with Gasteiger partial charge in [0.25, 0.3) is 5.69 Å². The van der Waals surface area contributed by atoms with Crippen LogP contribution >= 0.6 is 11.6 Å². The molecule has 2 heterocycles. The van der Waals surface area contributed by atoms with Gasteiger partial charge in [0.1, 0.15) is 11.5 Å². The van der Waals surface area contributed by atoms with E-state index in [2.05, 4.69) is 4.98 Å². The molecule has 9 nitrogen and oxygen atoms in total. The molecule has 162 valence electrons. The first kappa shape index (κ1) is 22.3. The molecule has 1 aromatic carbocycles. The van der Waals surface area contributed by atoms with Crippen molar-refractivity contribution < 1.29 is 13.3 Å². The van der Waals surface area contributed by atoms with Crippen LogP contribution in [-0.4, -0.2) is 61.9 Å². The lowest BCUT2D eigenvalue weighted by molar-refractivity contribution is -0.384. The highest BCUT2D eigenvalue weighted by Crippen LogP contribution is 2.33. The maximum Gasteiger partial charge on any atom is 0.293 e. The zero-order valence-corrected chi connectivity index (χ0v) is 18.4. The van der Waals surface area contributed by atoms with Crippen LogP contribution in [0.25, 0.3) is 0 Å². The van der Waals surface area contributed by atoms with Crippen LogP contribution in [0, 0.1) is 10.1 Å². The molecular weight excluding hydrogens is 430 g/mol. The van der Waals surface area contributed by atoms with Gasteiger partial charge >= 0.3 is 0 Å². The number of hydrogen-bond acceptors (Lipinski definition) is 7. The van der Waals surface area contributed by atoms with E-state index < -0.39 is 14.9 Å². The van der Waals surface area contributed by atoms with Crippen LogP contribution in [0.5, 0.6) is 0 Å². The van der Waals surface area contributed by atoms with Gasteiger partial charge in [0.05, 0.1) is 14.8 Å². The van der Waals surface area contributed by atoms with Gasteiger partial charge in [-0.05, 0) is 24.3 Å². The predicted octanol–water partition coefficient (Wildman–Crippen LogP) is 3.00. The van der Waals surface area contributed by atoms with Crippen LogP contribution in [0.3, 0.4) is 0 Å². The molecule has 0 aliphatic carbocycles. The number of nitrogens with zero attached hydrogens (tertiary/aromatic N) is 5. The van der Waals surface area contributed by atoms with Crippen molar-refractivity contribution in [3.63, 3.8) is 0 Å². The number of sulfonamides is 1. The van der Waals surface area contributed by atoms with Gasteiger partial charge in [0.15, 0.2) is 0 Å². The summed E-state index contributed by atoms with van der Waals surface area (Å²) >= 11 is 6.22. The Morgan fingerprint density at radius 1 is 1.13 bits per heavy atom. The Labute approximate surface area is 181 Å². The Bertz CT molecular complexity index is 1020. The molecule has 30 heavy (non-hydrogen) atoms. The van der Waals surface area contributed by atoms with Crippen LogP contribution in [0.1, 0.15) is 13.8 Å². The molecule has 0 unspecified atom stereocenters. The number of halogens is 1. The lowest BCUT2D eigenvalue weighted by atomic mass is 10.2. The normalized spacial score (nSPS) is 14.9. The molecular formula is C19H24ClN5O4S. The topological polar surface area (TPSA) is 99.9 Å². The summed E-state index contributed by atoms with van der Waals surface area (Å²) in [5, 5.41) is 12.3. The lowest BCUT2D eigenvalue weighted by Crippen LogP contribution is -2.47. The number of piperazine rings is 1. The molecule has 3 rings (SSSR count). The van der Waals surface area contributed by atoms with Gasteiger partial charge in [-0.1, -0.05) is 25.4 Å². The highest BCUT2D eigenvalue weighted by molar-refractivity contribution is 7.89. The molecule has 1 aliphatic heterocycles. The number of nitro groups is 1. The molecule has 0 N–H and O–H groups in total. The quantitative estimate of drug-likeness (QED) is 0.469. The van der Waals surface area contributed by atoms with Crippen LogP contribution < -0.4 is 9.80 Å². The van der Waals surface area contributed by atoms with E-state index in [1.54, 1.807) is 32.2 Å². The summed E-state index contributed by atoms with van der Waals surface area (Å²) in [4.78, 5) is 19.3. The lowest BCUT2D eigenvalue weighted by Gasteiger charge is -2.36. The third-order valence-corrected chi connectivity index (χ3v) is 7.49. The average molecular weight is 454 g/mol. The third-order valence-electron chi connectivity index (χ3n) is 5.15. The highest BCUT2D eigenvalue weighted by Gasteiger charge is 2.29. The number of nitro benzene ring substituents is 1. The Kier molecular flexibility index (Phi) is 6.79. The Morgan fingerprint density at radius 2 is 1.77 bits per heavy atom. The summed E-state index contributed by atoms with van der Waals surface area (Å²) < 4.78 is 26.8. The second-order valence-corrected chi connectivity index (χ2v) is 9.13. The Hall–Kier alpha value is -2.43. The number of hydrogen-bond donors (Lipinski definition) is 0. The summed E-state index contributed by atoms with van der Waals surface area (Å²) in [6.07, 6.45) is 1.67. The highest BCUT2D eigenvalue weighted by atomic mass is 35.5. The van der Waals surface area contributed by atoms with Crippen molar-refractivity contribution in [3.05, 3.63) is 51.7 Å². The summed E-state index contributed by atoms with van der Waals surface area (Å²) in [5.74, 6) is 0.689. The van der Waals surface area contributed by atoms with Crippen LogP contribution in [0.4, 0.5) is 17.2 Å². The van der Waals surface area contributed by atoms with E-state index in [1.165, 1.54) is 16.4 Å². The SMILES string of the molecule is CCN(CC)S(=O)(=O)c1ccc(N2CCN(c3ncccc3Cl)CC2)c([N+](=O)[O-])c1. The largest absolute Gasteiger partial charge is 0.362 e. The van der Waals surface area contributed by atoms with Crippen molar-refractivity contribution in [2.75, 3.05) is 49.1 Å². The number of rotatable bonds is 7. The van der Waals surface area contributed by atoms with E-state index in [-0.39, 0.29) is 10.6 Å². The number of anilines is 2. The number of pyridine rings is 1. The minimum absolute atomic E-state index is 0.0689. The number of aromatic nitrogens is 1. The van der Waals surface area contributed by atoms with Gasteiger partial charge in [0.2, 0.25) is 10.0 Å². The monoisotopic (exact) mass is 453 g/mol. The second kappa shape index (κ2) is 9.15. The van der Waals surface area contributed by atoms with Crippen molar-refractivity contribution in [1.29, 1.82) is 0 Å². The van der Waals surface area contributed by atoms with E-state index >= 15 is 0 Å². The summed E-state index contributed by atoms with van der Waals surface area (Å²) in [6.45, 7) is 6.29. The summed E-state index contributed by atoms with van der Waals surface area (Å²) in [7, 11) is -3.78. The minimum Gasteiger partial charge on any atom is -0.362 e. The smallest absolute Gasteiger partial charge is 0.293 e. The number of benzene rings is 1. The van der Waals surface area contributed by atoms with Gasteiger partial charge in [-0.25, -0.2) is 13.4 Å². The van der Waals surface area contributed by atoms with Crippen molar-refractivity contribution in [1.82, 2.24) is 9.29 Å². The zero-order valence-electron chi connectivity index (χ0n) is 16.9. The summed E-state index contributed by atoms with van der Waals surface area (Å²) in [5.41, 5.74) is 0.192. The van der Waals surface area contributed by atoms with E-state index in [1.807, 2.05) is 9.80 Å². The fourth-order valence-electron chi connectivity index (χ4n) is 3.56. The van der Waals surface area contributed by atoms with E-state index in [9.17, 15) is 18.5 Å². The first-order chi connectivity index (χ1) is 14.3. The molecule has 0 atom stereocenters. The molecule has 1 aromatic heterocycles. The van der Waals surface area contributed by atoms with Gasteiger partial charge in [-0.15, -0.1) is 0 Å². The van der Waals surface area contributed by atoms with E-state index in [4.69, 9.17) is 11.6 Å². The standard InChI is InChI=1S/C19H24ClN5O4S/c1-3-24(4-2)30(28,29)15-7-8-17(18(14-15)25(26)27)22-10-12-23(13-11-22)19-16(20)6-5-9-21-19/h5-9,14H,3-4,10-13H2,1-2H3. The molecule has 1 aliphatic rings. The Morgan fingerprint density at radius 3 is 2.33 bits per heavy atom. The first-order valence-corrected chi connectivity index (χ1v) is 11.5. The molecule has 0 spiro atoms. The first-order valence-electron chi connectivity index (χ1n) is 9.68. The van der Waals surface area contributed by atoms with Gasteiger partial charge in [0, 0.05) is 51.5 Å². The molecule has 2 aromatic rings. The van der Waals surface area contributed by atoms with E-state index in [0.29, 0.717) is 55.8 Å². The van der Waals surface area contributed by atoms with E-state index in [0.717, 1.165) is 6.07 Å². The van der Waals surface area contributed by atoms with Gasteiger partial charge in [-0.2, -0.15) is 4.31 Å². The maximum absolute atomic E-state index is 12.8. The molecule has 11 heteroatoms. The van der Waals surface area contributed by atoms with Crippen LogP contribution in [-0.2, 0) is 10.0 Å². The van der Waals surface area contributed by atoms with Crippen LogP contribution in [0.15, 0.2) is 41.4 Å². The van der Waals surface area contributed by atoms with Crippen molar-refractivity contribution in [2.24, 2.45) is 0 Å². The molecule has 0 amide bonds. The zero-order chi connectivity index (χ0) is 21.9. The molecule has 1 saturated heterocycles. The Balaban J connectivity index is 1.85. The molecule has 0 saturated carbocycles. The van der Waals surface area contributed by atoms with Crippen molar-refractivity contribution in [3.8, 4) is 0 Å². The second-order valence-electron chi connectivity index (χ2n) is 6.78. The third kappa shape index (κ3) is 4.35. The fraction of sp³-hybridized carbons (Fsp3) is 0.421. The summed E-state index contributed by atoms with van der Waals surface area (Å²) in [6, 6.07) is 7.66. The fourth-order valence-corrected chi connectivity index (χ4v) is 5.28. The molecule has 0 radical (unpaired) electrons. The van der Waals surface area contributed by atoms with Crippen molar-refractivity contribution in [2.45, 2.75) is 18.7 Å². The molecule has 1 fully saturated rings. The van der Waals surface area contributed by atoms with Crippen LogP contribution in [0.2, 0.25) is 5.02 Å². The molecule has 0 bridgehead atoms. The van der Waals surface area contributed by atoms with Gasteiger partial charge in [-0.3, -0.25) is 10.1 Å². The predicted molar refractivity (Wildman–Crippen MR) is 117 cm³/mol. The minimum atomic E-state index is -3.78. The van der Waals surface area contributed by atoms with Gasteiger partial charge < -0.3 is 9.80 Å². The van der Waals surface area contributed by atoms with Crippen molar-refractivity contribution >= 4 is 38.8 Å².